The third-order valence-electron chi connectivity index (χ3n) is 2.93. The molecular weight excluding hydrogens is 251 g/mol. The maximum Gasteiger partial charge on any atom is 0.123 e. The Hall–Kier alpha value is -1.38. The molecule has 2 rings (SSSR count). The molecule has 3 heteroatoms. The van der Waals surface area contributed by atoms with Gasteiger partial charge in [-0.1, -0.05) is 29.8 Å². The van der Waals surface area contributed by atoms with Gasteiger partial charge in [-0.25, -0.2) is 4.39 Å². The van der Waals surface area contributed by atoms with E-state index in [1.165, 1.54) is 12.1 Å². The smallest absolute Gasteiger partial charge is 0.123 e. The third-order valence-corrected chi connectivity index (χ3v) is 3.17. The highest BCUT2D eigenvalue weighted by Crippen LogP contribution is 2.24. The van der Waals surface area contributed by atoms with Gasteiger partial charge in [-0.05, 0) is 47.9 Å². The zero-order valence-corrected chi connectivity index (χ0v) is 10.8. The lowest BCUT2D eigenvalue weighted by Gasteiger charge is -2.14. The largest absolute Gasteiger partial charge is 0.388 e. The normalized spacial score (nSPS) is 12.4. The number of benzene rings is 2. The fourth-order valence-electron chi connectivity index (χ4n) is 1.97. The summed E-state index contributed by atoms with van der Waals surface area (Å²) >= 11 is 5.88. The molecule has 0 radical (unpaired) electrons. The van der Waals surface area contributed by atoms with Crippen LogP contribution >= 0.6 is 11.6 Å². The third kappa shape index (κ3) is 3.09. The van der Waals surface area contributed by atoms with Crippen LogP contribution in [-0.4, -0.2) is 5.11 Å². The van der Waals surface area contributed by atoms with Crippen molar-refractivity contribution in [2.45, 2.75) is 19.4 Å². The number of rotatable bonds is 3. The van der Waals surface area contributed by atoms with Crippen molar-refractivity contribution in [3.05, 3.63) is 70.0 Å². The van der Waals surface area contributed by atoms with Gasteiger partial charge in [0.25, 0.3) is 0 Å². The van der Waals surface area contributed by atoms with E-state index in [-0.39, 0.29) is 5.82 Å². The lowest BCUT2D eigenvalue weighted by Crippen LogP contribution is -2.03. The van der Waals surface area contributed by atoms with Gasteiger partial charge in [0.15, 0.2) is 0 Å². The summed E-state index contributed by atoms with van der Waals surface area (Å²) < 4.78 is 12.8. The molecule has 1 unspecified atom stereocenters. The first-order chi connectivity index (χ1) is 8.56. The SMILES string of the molecule is Cc1cc(Cl)ccc1C(O)Cc1ccc(F)cc1. The van der Waals surface area contributed by atoms with Gasteiger partial charge in [-0.3, -0.25) is 0 Å². The number of aryl methyl sites for hydroxylation is 1. The van der Waals surface area contributed by atoms with Crippen molar-refractivity contribution in [3.63, 3.8) is 0 Å². The summed E-state index contributed by atoms with van der Waals surface area (Å²) in [5, 5.41) is 10.8. The monoisotopic (exact) mass is 264 g/mol. The lowest BCUT2D eigenvalue weighted by molar-refractivity contribution is 0.177. The van der Waals surface area contributed by atoms with Crippen molar-refractivity contribution in [2.24, 2.45) is 0 Å². The van der Waals surface area contributed by atoms with Gasteiger partial charge in [0.2, 0.25) is 0 Å². The van der Waals surface area contributed by atoms with Crippen molar-refractivity contribution in [2.75, 3.05) is 0 Å². The molecule has 0 saturated heterocycles. The van der Waals surface area contributed by atoms with Crippen molar-refractivity contribution < 1.29 is 9.50 Å². The van der Waals surface area contributed by atoms with Crippen LogP contribution in [0.4, 0.5) is 4.39 Å². The van der Waals surface area contributed by atoms with Gasteiger partial charge in [0, 0.05) is 11.4 Å². The molecule has 0 fully saturated rings. The van der Waals surface area contributed by atoms with E-state index in [1.54, 1.807) is 18.2 Å². The Morgan fingerprint density at radius 1 is 1.17 bits per heavy atom. The lowest BCUT2D eigenvalue weighted by atomic mass is 9.98. The second-order valence-corrected chi connectivity index (χ2v) is 4.78. The molecule has 0 saturated carbocycles. The highest BCUT2D eigenvalue weighted by Gasteiger charge is 2.11. The average molecular weight is 265 g/mol. The van der Waals surface area contributed by atoms with Crippen molar-refractivity contribution >= 4 is 11.6 Å². The highest BCUT2D eigenvalue weighted by molar-refractivity contribution is 6.30. The predicted molar refractivity (Wildman–Crippen MR) is 71.3 cm³/mol. The fraction of sp³-hybridized carbons (Fsp3) is 0.200. The summed E-state index contributed by atoms with van der Waals surface area (Å²) in [6, 6.07) is 11.6. The highest BCUT2D eigenvalue weighted by atomic mass is 35.5. The molecule has 0 heterocycles. The molecule has 0 spiro atoms. The number of hydrogen-bond acceptors (Lipinski definition) is 1. The zero-order chi connectivity index (χ0) is 13.1. The summed E-state index contributed by atoms with van der Waals surface area (Å²) in [7, 11) is 0. The van der Waals surface area contributed by atoms with E-state index >= 15 is 0 Å². The Bertz CT molecular complexity index is 537. The Morgan fingerprint density at radius 2 is 1.83 bits per heavy atom. The van der Waals surface area contributed by atoms with Crippen LogP contribution in [0.2, 0.25) is 5.02 Å². The zero-order valence-electron chi connectivity index (χ0n) is 10.0. The minimum absolute atomic E-state index is 0.268. The Kier molecular flexibility index (Phi) is 4.00. The van der Waals surface area contributed by atoms with Gasteiger partial charge in [0.1, 0.15) is 5.82 Å². The summed E-state index contributed by atoms with van der Waals surface area (Å²) in [5.41, 5.74) is 2.71. The predicted octanol–water partition coefficient (Wildman–Crippen LogP) is 4.06. The Labute approximate surface area is 111 Å². The number of halogens is 2. The molecule has 0 aliphatic rings. The topological polar surface area (TPSA) is 20.2 Å². The summed E-state index contributed by atoms with van der Waals surface area (Å²) in [5.74, 6) is -0.268. The second-order valence-electron chi connectivity index (χ2n) is 4.35. The molecule has 2 aromatic carbocycles. The molecular formula is C15H14ClFO. The van der Waals surface area contributed by atoms with E-state index in [9.17, 15) is 9.50 Å². The molecule has 2 aromatic rings. The molecule has 1 atom stereocenters. The first kappa shape index (κ1) is 13.1. The quantitative estimate of drug-likeness (QED) is 0.886. The fourth-order valence-corrected chi connectivity index (χ4v) is 2.19. The van der Waals surface area contributed by atoms with Crippen LogP contribution in [0, 0.1) is 12.7 Å². The molecule has 1 nitrogen and oxygen atoms in total. The van der Waals surface area contributed by atoms with Crippen LogP contribution in [0.5, 0.6) is 0 Å². The second kappa shape index (κ2) is 5.51. The van der Waals surface area contributed by atoms with Gasteiger partial charge >= 0.3 is 0 Å². The van der Waals surface area contributed by atoms with E-state index in [2.05, 4.69) is 0 Å². The number of aliphatic hydroxyl groups is 1. The molecule has 0 aliphatic heterocycles. The standard InChI is InChI=1S/C15H14ClFO/c1-10-8-12(16)4-7-14(10)15(18)9-11-2-5-13(17)6-3-11/h2-8,15,18H,9H2,1H3. The molecule has 94 valence electrons. The van der Waals surface area contributed by atoms with Crippen LogP contribution in [0.25, 0.3) is 0 Å². The molecule has 0 amide bonds. The Morgan fingerprint density at radius 3 is 2.44 bits per heavy atom. The minimum atomic E-state index is -0.604. The van der Waals surface area contributed by atoms with E-state index in [0.717, 1.165) is 16.7 Å². The van der Waals surface area contributed by atoms with E-state index in [0.29, 0.717) is 11.4 Å². The number of hydrogen-bond donors (Lipinski definition) is 1. The average Bonchev–Trinajstić information content (AvgIpc) is 2.32. The summed E-state index contributed by atoms with van der Waals surface area (Å²) in [6.07, 6.45) is -0.143. The van der Waals surface area contributed by atoms with E-state index in [4.69, 9.17) is 11.6 Å². The Balaban J connectivity index is 2.16. The summed E-state index contributed by atoms with van der Waals surface area (Å²) in [6.45, 7) is 1.91. The van der Waals surface area contributed by atoms with Crippen molar-refractivity contribution in [3.8, 4) is 0 Å². The van der Waals surface area contributed by atoms with Crippen molar-refractivity contribution in [1.82, 2.24) is 0 Å². The molecule has 18 heavy (non-hydrogen) atoms. The number of aliphatic hydroxyl groups excluding tert-OH is 1. The minimum Gasteiger partial charge on any atom is -0.388 e. The van der Waals surface area contributed by atoms with Gasteiger partial charge in [-0.15, -0.1) is 0 Å². The summed E-state index contributed by atoms with van der Waals surface area (Å²) in [4.78, 5) is 0. The van der Waals surface area contributed by atoms with Crippen LogP contribution in [0.1, 0.15) is 22.8 Å². The van der Waals surface area contributed by atoms with Crippen LogP contribution in [-0.2, 0) is 6.42 Å². The first-order valence-corrected chi connectivity index (χ1v) is 6.12. The van der Waals surface area contributed by atoms with Crippen LogP contribution in [0.15, 0.2) is 42.5 Å². The molecule has 0 bridgehead atoms. The molecule has 0 aliphatic carbocycles. The molecule has 0 aromatic heterocycles. The van der Waals surface area contributed by atoms with Gasteiger partial charge in [-0.2, -0.15) is 0 Å². The maximum absolute atomic E-state index is 12.8. The first-order valence-electron chi connectivity index (χ1n) is 5.75. The van der Waals surface area contributed by atoms with E-state index < -0.39 is 6.10 Å². The van der Waals surface area contributed by atoms with Crippen LogP contribution in [0.3, 0.4) is 0 Å². The maximum atomic E-state index is 12.8. The van der Waals surface area contributed by atoms with Gasteiger partial charge < -0.3 is 5.11 Å². The molecule has 1 N–H and O–H groups in total. The van der Waals surface area contributed by atoms with Crippen LogP contribution < -0.4 is 0 Å². The van der Waals surface area contributed by atoms with Gasteiger partial charge in [0.05, 0.1) is 6.10 Å². The van der Waals surface area contributed by atoms with E-state index in [1.807, 2.05) is 19.1 Å². The van der Waals surface area contributed by atoms with Crippen molar-refractivity contribution in [1.29, 1.82) is 0 Å².